The lowest BCUT2D eigenvalue weighted by Gasteiger charge is -2.24. The van der Waals surface area contributed by atoms with Gasteiger partial charge < -0.3 is 4.57 Å². The first-order valence-corrected chi connectivity index (χ1v) is 8.18. The molecule has 4 unspecified atom stereocenters. The highest BCUT2D eigenvalue weighted by atomic mass is 35.5. The number of aryl methyl sites for hydroxylation is 1. The smallest absolute Gasteiger partial charge is 0.182 e. The zero-order chi connectivity index (χ0) is 15.0. The molecule has 0 amide bonds. The molecule has 1 aromatic rings. The maximum Gasteiger partial charge on any atom is 0.182 e. The van der Waals surface area contributed by atoms with E-state index >= 15 is 0 Å². The fraction of sp³-hybridized carbons (Fsp3) is 0.706. The van der Waals surface area contributed by atoms with Crippen LogP contribution in [0.1, 0.15) is 67.8 Å². The molecular weight excluding hydrogens is 270 g/mol. The molecule has 112 valence electrons. The van der Waals surface area contributed by atoms with Gasteiger partial charge in [0.1, 0.15) is 0 Å². The maximum absolute atomic E-state index is 12.2. The largest absolute Gasteiger partial charge is 0.345 e. The third kappa shape index (κ3) is 2.55. The number of ketones is 1. The van der Waals surface area contributed by atoms with Gasteiger partial charge in [-0.3, -0.25) is 4.79 Å². The number of aromatic nitrogens is 1. The maximum atomic E-state index is 12.2. The summed E-state index contributed by atoms with van der Waals surface area (Å²) in [5.74, 6) is 1.54. The van der Waals surface area contributed by atoms with Gasteiger partial charge in [0.05, 0.1) is 5.38 Å². The van der Waals surface area contributed by atoms with E-state index < -0.39 is 5.38 Å². The van der Waals surface area contributed by atoms with Crippen molar-refractivity contribution in [2.75, 3.05) is 0 Å². The highest BCUT2D eigenvalue weighted by Crippen LogP contribution is 2.43. The molecule has 0 aliphatic heterocycles. The summed E-state index contributed by atoms with van der Waals surface area (Å²) in [6, 6.07) is 2.55. The van der Waals surface area contributed by atoms with Crippen molar-refractivity contribution in [2.24, 2.45) is 11.8 Å². The van der Waals surface area contributed by atoms with Crippen molar-refractivity contribution in [2.45, 2.75) is 65.3 Å². The Labute approximate surface area is 127 Å². The molecule has 0 spiro atoms. The Balaban J connectivity index is 2.37. The van der Waals surface area contributed by atoms with E-state index in [1.165, 1.54) is 25.0 Å². The van der Waals surface area contributed by atoms with Gasteiger partial charge >= 0.3 is 0 Å². The van der Waals surface area contributed by atoms with Crippen LogP contribution < -0.4 is 0 Å². The van der Waals surface area contributed by atoms with Gasteiger partial charge in [-0.2, -0.15) is 0 Å². The Morgan fingerprint density at radius 1 is 1.45 bits per heavy atom. The molecule has 0 aromatic carbocycles. The van der Waals surface area contributed by atoms with Crippen LogP contribution in [0.4, 0.5) is 0 Å². The number of nitrogens with zero attached hydrogens (tertiary/aromatic N) is 1. The summed E-state index contributed by atoms with van der Waals surface area (Å²) >= 11 is 5.97. The SMILES string of the molecule is CCC1CCC(n2c(C)cc(C(=O)C(C)Cl)c2C)C1C. The molecule has 1 aromatic heterocycles. The van der Waals surface area contributed by atoms with Crippen LogP contribution in [0, 0.1) is 25.7 Å². The van der Waals surface area contributed by atoms with Crippen molar-refractivity contribution in [1.29, 1.82) is 0 Å². The summed E-state index contributed by atoms with van der Waals surface area (Å²) in [7, 11) is 0. The number of carbonyl (C=O) groups excluding carboxylic acids is 1. The summed E-state index contributed by atoms with van der Waals surface area (Å²) in [6.45, 7) is 10.6. The number of hydrogen-bond acceptors (Lipinski definition) is 1. The monoisotopic (exact) mass is 295 g/mol. The normalized spacial score (nSPS) is 27.8. The van der Waals surface area contributed by atoms with Gasteiger partial charge in [0.2, 0.25) is 0 Å². The van der Waals surface area contributed by atoms with Gasteiger partial charge in [0.25, 0.3) is 0 Å². The number of Topliss-reactive ketones (excluding diaryl/α,β-unsaturated/α-hetero) is 1. The van der Waals surface area contributed by atoms with Crippen LogP contribution in [0.15, 0.2) is 6.07 Å². The van der Waals surface area contributed by atoms with E-state index in [-0.39, 0.29) is 5.78 Å². The van der Waals surface area contributed by atoms with Gasteiger partial charge in [-0.1, -0.05) is 20.3 Å². The van der Waals surface area contributed by atoms with Crippen LogP contribution >= 0.6 is 11.6 Å². The molecule has 1 aliphatic rings. The van der Waals surface area contributed by atoms with Crippen molar-refractivity contribution < 1.29 is 4.79 Å². The van der Waals surface area contributed by atoms with Crippen LogP contribution in [-0.2, 0) is 0 Å². The third-order valence-electron chi connectivity index (χ3n) is 5.15. The summed E-state index contributed by atoms with van der Waals surface area (Å²) in [5.41, 5.74) is 3.09. The van der Waals surface area contributed by atoms with Crippen LogP contribution in [0.2, 0.25) is 0 Å². The molecule has 2 rings (SSSR count). The van der Waals surface area contributed by atoms with Crippen molar-refractivity contribution in [3.05, 3.63) is 23.0 Å². The Kier molecular flexibility index (Phi) is 4.63. The van der Waals surface area contributed by atoms with Crippen molar-refractivity contribution in [1.82, 2.24) is 4.57 Å². The topological polar surface area (TPSA) is 22.0 Å². The standard InChI is InChI=1S/C17H26ClNO/c1-6-14-7-8-16(11(14)3)19-10(2)9-15(13(19)5)17(20)12(4)18/h9,11-12,14,16H,6-8H2,1-5H3. The van der Waals surface area contributed by atoms with Gasteiger partial charge in [-0.25, -0.2) is 0 Å². The number of hydrogen-bond donors (Lipinski definition) is 0. The van der Waals surface area contributed by atoms with E-state index in [2.05, 4.69) is 32.3 Å². The molecule has 0 radical (unpaired) electrons. The van der Waals surface area contributed by atoms with Crippen LogP contribution in [0.5, 0.6) is 0 Å². The first-order chi connectivity index (χ1) is 9.38. The zero-order valence-electron chi connectivity index (χ0n) is 13.2. The summed E-state index contributed by atoms with van der Waals surface area (Å²) < 4.78 is 2.38. The Morgan fingerprint density at radius 3 is 2.60 bits per heavy atom. The Morgan fingerprint density at radius 2 is 2.10 bits per heavy atom. The summed E-state index contributed by atoms with van der Waals surface area (Å²) in [4.78, 5) is 12.2. The molecule has 2 nitrogen and oxygen atoms in total. The van der Waals surface area contributed by atoms with Gasteiger partial charge in [0, 0.05) is 23.0 Å². The molecule has 0 saturated heterocycles. The predicted octanol–water partition coefficient (Wildman–Crippen LogP) is 4.91. The van der Waals surface area contributed by atoms with Crippen LogP contribution in [0.3, 0.4) is 0 Å². The highest BCUT2D eigenvalue weighted by molar-refractivity contribution is 6.33. The first kappa shape index (κ1) is 15.6. The van der Waals surface area contributed by atoms with E-state index in [4.69, 9.17) is 11.6 Å². The molecule has 3 heteroatoms. The average Bonchev–Trinajstić information content (AvgIpc) is 2.89. The van der Waals surface area contributed by atoms with Crippen LogP contribution in [0.25, 0.3) is 0 Å². The van der Waals surface area contributed by atoms with Gasteiger partial charge in [0.15, 0.2) is 5.78 Å². The predicted molar refractivity (Wildman–Crippen MR) is 84.8 cm³/mol. The molecule has 1 saturated carbocycles. The second-order valence-electron chi connectivity index (χ2n) is 6.31. The molecule has 1 heterocycles. The molecule has 4 atom stereocenters. The lowest BCUT2D eigenvalue weighted by Crippen LogP contribution is -2.19. The second-order valence-corrected chi connectivity index (χ2v) is 6.96. The molecule has 1 aliphatic carbocycles. The van der Waals surface area contributed by atoms with E-state index in [1.807, 2.05) is 6.07 Å². The average molecular weight is 296 g/mol. The van der Waals surface area contributed by atoms with E-state index in [0.29, 0.717) is 12.0 Å². The number of carbonyl (C=O) groups is 1. The van der Waals surface area contributed by atoms with Crippen molar-refractivity contribution in [3.63, 3.8) is 0 Å². The minimum Gasteiger partial charge on any atom is -0.345 e. The number of halogens is 1. The minimum atomic E-state index is -0.451. The number of alkyl halides is 1. The van der Waals surface area contributed by atoms with E-state index in [0.717, 1.165) is 17.2 Å². The lowest BCUT2D eigenvalue weighted by atomic mass is 9.93. The molecule has 1 fully saturated rings. The molecule has 0 bridgehead atoms. The van der Waals surface area contributed by atoms with Gasteiger partial charge in [-0.05, 0) is 51.5 Å². The van der Waals surface area contributed by atoms with Crippen LogP contribution in [-0.4, -0.2) is 15.7 Å². The third-order valence-corrected chi connectivity index (χ3v) is 5.35. The lowest BCUT2D eigenvalue weighted by molar-refractivity contribution is 0.0991. The van der Waals surface area contributed by atoms with Gasteiger partial charge in [-0.15, -0.1) is 11.6 Å². The zero-order valence-corrected chi connectivity index (χ0v) is 14.0. The number of rotatable bonds is 4. The molecule has 0 N–H and O–H groups in total. The fourth-order valence-electron chi connectivity index (χ4n) is 3.92. The summed E-state index contributed by atoms with van der Waals surface area (Å²) in [5, 5.41) is -0.451. The molecule has 20 heavy (non-hydrogen) atoms. The highest BCUT2D eigenvalue weighted by Gasteiger charge is 2.34. The second kappa shape index (κ2) is 5.93. The van der Waals surface area contributed by atoms with Crippen molar-refractivity contribution in [3.8, 4) is 0 Å². The van der Waals surface area contributed by atoms with Crippen molar-refractivity contribution >= 4 is 17.4 Å². The minimum absolute atomic E-state index is 0.0451. The fourth-order valence-corrected chi connectivity index (χ4v) is 4.03. The van der Waals surface area contributed by atoms with E-state index in [9.17, 15) is 4.79 Å². The quantitative estimate of drug-likeness (QED) is 0.571. The van der Waals surface area contributed by atoms with E-state index in [1.54, 1.807) is 6.92 Å². The first-order valence-electron chi connectivity index (χ1n) is 7.75. The Hall–Kier alpha value is -0.760. The molecular formula is C17H26ClNO. The summed E-state index contributed by atoms with van der Waals surface area (Å²) in [6.07, 6.45) is 3.77. The Bertz CT molecular complexity index is 503.